The van der Waals surface area contributed by atoms with Crippen LogP contribution in [0, 0.1) is 0 Å². The lowest BCUT2D eigenvalue weighted by atomic mass is 9.95. The molecule has 3 heterocycles. The number of aromatic nitrogens is 4. The van der Waals surface area contributed by atoms with Crippen LogP contribution < -0.4 is 4.74 Å². The number of methoxy groups -OCH3 is 1. The van der Waals surface area contributed by atoms with Gasteiger partial charge in [-0.3, -0.25) is 9.58 Å². The van der Waals surface area contributed by atoms with Gasteiger partial charge in [-0.1, -0.05) is 12.1 Å². The van der Waals surface area contributed by atoms with Crippen LogP contribution in [0.2, 0.25) is 0 Å². The maximum absolute atomic E-state index is 9.08. The van der Waals surface area contributed by atoms with Gasteiger partial charge in [0.2, 0.25) is 0 Å². The summed E-state index contributed by atoms with van der Waals surface area (Å²) in [5.41, 5.74) is 3.27. The Balaban J connectivity index is 1.42. The fourth-order valence-corrected chi connectivity index (χ4v) is 3.91. The van der Waals surface area contributed by atoms with Gasteiger partial charge in [-0.25, -0.2) is 4.68 Å². The molecule has 0 bridgehead atoms. The Labute approximate surface area is 165 Å². The summed E-state index contributed by atoms with van der Waals surface area (Å²) in [5.74, 6) is 1.26. The van der Waals surface area contributed by atoms with E-state index < -0.39 is 0 Å². The average molecular weight is 381 g/mol. The predicted octanol–water partition coefficient (Wildman–Crippen LogP) is 2.45. The van der Waals surface area contributed by atoms with E-state index >= 15 is 0 Å². The molecule has 3 aromatic rings. The van der Waals surface area contributed by atoms with Crippen molar-refractivity contribution in [2.45, 2.75) is 31.8 Å². The minimum absolute atomic E-state index is 0.119. The highest BCUT2D eigenvalue weighted by molar-refractivity contribution is 5.46. The molecule has 1 saturated heterocycles. The number of rotatable bonds is 7. The van der Waals surface area contributed by atoms with Gasteiger partial charge >= 0.3 is 0 Å². The zero-order valence-electron chi connectivity index (χ0n) is 16.2. The predicted molar refractivity (Wildman–Crippen MR) is 107 cm³/mol. The lowest BCUT2D eigenvalue weighted by Gasteiger charge is -2.31. The summed E-state index contributed by atoms with van der Waals surface area (Å²) in [6.07, 6.45) is 8.30. The molecule has 7 heteroatoms. The van der Waals surface area contributed by atoms with Gasteiger partial charge < -0.3 is 9.84 Å². The number of piperidine rings is 1. The van der Waals surface area contributed by atoms with E-state index in [1.165, 1.54) is 5.56 Å². The molecule has 1 aliphatic heterocycles. The fraction of sp³-hybridized carbons (Fsp3) is 0.429. The molecule has 1 atom stereocenters. The number of likely N-dealkylation sites (tertiary alicyclic amines) is 1. The summed E-state index contributed by atoms with van der Waals surface area (Å²) in [7, 11) is 1.68. The van der Waals surface area contributed by atoms with Gasteiger partial charge in [-0.2, -0.15) is 10.2 Å². The van der Waals surface area contributed by atoms with E-state index in [0.29, 0.717) is 12.5 Å². The number of nitrogens with zero attached hydrogens (tertiary/aromatic N) is 5. The van der Waals surface area contributed by atoms with Crippen LogP contribution in [0.25, 0.3) is 5.69 Å². The van der Waals surface area contributed by atoms with Gasteiger partial charge in [-0.15, -0.1) is 0 Å². The maximum atomic E-state index is 9.08. The standard InChI is InChI=1S/C21H27N5O2/c1-28-21-7-3-2-6-20(21)26-15-17(13-22-26)14-24-9-4-5-18(16-24)19-8-10-25(23-19)11-12-27/h2-3,6-8,10,13,15,18,27H,4-5,9,11-12,14,16H2,1H3/t18-/m0/s1. The highest BCUT2D eigenvalue weighted by Crippen LogP contribution is 2.27. The summed E-state index contributed by atoms with van der Waals surface area (Å²) in [5, 5.41) is 18.2. The minimum atomic E-state index is 0.119. The quantitative estimate of drug-likeness (QED) is 0.681. The SMILES string of the molecule is COc1ccccc1-n1cc(CN2CCC[C@H](c3ccn(CCO)n3)C2)cn1. The molecule has 0 spiro atoms. The van der Waals surface area contributed by atoms with E-state index in [2.05, 4.69) is 27.4 Å². The van der Waals surface area contributed by atoms with Crippen LogP contribution in [-0.2, 0) is 13.1 Å². The third-order valence-corrected chi connectivity index (χ3v) is 5.29. The van der Waals surface area contributed by atoms with Crippen molar-refractivity contribution in [3.8, 4) is 11.4 Å². The summed E-state index contributed by atoms with van der Waals surface area (Å²) >= 11 is 0. The molecule has 1 N–H and O–H groups in total. The fourth-order valence-electron chi connectivity index (χ4n) is 3.91. The van der Waals surface area contributed by atoms with Crippen LogP contribution in [-0.4, -0.2) is 56.4 Å². The molecule has 0 unspecified atom stereocenters. The van der Waals surface area contributed by atoms with E-state index in [1.54, 1.807) is 7.11 Å². The van der Waals surface area contributed by atoms with E-state index in [9.17, 15) is 0 Å². The van der Waals surface area contributed by atoms with E-state index in [1.807, 2.05) is 46.0 Å². The smallest absolute Gasteiger partial charge is 0.144 e. The first-order chi connectivity index (χ1) is 13.8. The second-order valence-corrected chi connectivity index (χ2v) is 7.27. The number of benzene rings is 1. The molecule has 4 rings (SSSR count). The number of ether oxygens (including phenoxy) is 1. The van der Waals surface area contributed by atoms with Crippen molar-refractivity contribution in [2.75, 3.05) is 26.8 Å². The Morgan fingerprint density at radius 3 is 3.00 bits per heavy atom. The average Bonchev–Trinajstić information content (AvgIpc) is 3.38. The third kappa shape index (κ3) is 4.10. The number of hydrogen-bond donors (Lipinski definition) is 1. The lowest BCUT2D eigenvalue weighted by Crippen LogP contribution is -2.34. The van der Waals surface area contributed by atoms with Crippen LogP contribution in [0.5, 0.6) is 5.75 Å². The highest BCUT2D eigenvalue weighted by atomic mass is 16.5. The van der Waals surface area contributed by atoms with Crippen molar-refractivity contribution < 1.29 is 9.84 Å². The van der Waals surface area contributed by atoms with Crippen molar-refractivity contribution >= 4 is 0 Å². The second-order valence-electron chi connectivity index (χ2n) is 7.27. The van der Waals surface area contributed by atoms with Crippen LogP contribution in [0.15, 0.2) is 48.9 Å². The molecular weight excluding hydrogens is 354 g/mol. The molecule has 7 nitrogen and oxygen atoms in total. The summed E-state index contributed by atoms with van der Waals surface area (Å²) < 4.78 is 9.15. The third-order valence-electron chi connectivity index (χ3n) is 5.29. The maximum Gasteiger partial charge on any atom is 0.144 e. The molecule has 0 aliphatic carbocycles. The van der Waals surface area contributed by atoms with Crippen LogP contribution in [0.3, 0.4) is 0 Å². The summed E-state index contributed by atoms with van der Waals surface area (Å²) in [4.78, 5) is 2.48. The molecule has 28 heavy (non-hydrogen) atoms. The van der Waals surface area contributed by atoms with Gasteiger partial charge in [0, 0.05) is 37.0 Å². The van der Waals surface area contributed by atoms with Crippen molar-refractivity contribution in [3.05, 3.63) is 60.2 Å². The Morgan fingerprint density at radius 1 is 1.25 bits per heavy atom. The topological polar surface area (TPSA) is 68.3 Å². The number of para-hydroxylation sites is 2. The van der Waals surface area contributed by atoms with Crippen molar-refractivity contribution in [2.24, 2.45) is 0 Å². The summed E-state index contributed by atoms with van der Waals surface area (Å²) in [6.45, 7) is 3.64. The Hall–Kier alpha value is -2.64. The highest BCUT2D eigenvalue weighted by Gasteiger charge is 2.23. The molecule has 0 saturated carbocycles. The molecule has 1 aromatic carbocycles. The van der Waals surface area contributed by atoms with E-state index in [0.717, 1.165) is 49.6 Å². The first-order valence-corrected chi connectivity index (χ1v) is 9.80. The van der Waals surface area contributed by atoms with Gasteiger partial charge in [0.25, 0.3) is 0 Å². The van der Waals surface area contributed by atoms with Crippen LogP contribution in [0.4, 0.5) is 0 Å². The zero-order chi connectivity index (χ0) is 19.3. The molecular formula is C21H27N5O2. The van der Waals surface area contributed by atoms with Gasteiger partial charge in [-0.05, 0) is 37.6 Å². The first kappa shape index (κ1) is 18.7. The molecule has 0 radical (unpaired) electrons. The monoisotopic (exact) mass is 381 g/mol. The second kappa shape index (κ2) is 8.58. The number of aliphatic hydroxyl groups excluding tert-OH is 1. The first-order valence-electron chi connectivity index (χ1n) is 9.80. The van der Waals surface area contributed by atoms with Crippen molar-refractivity contribution in [3.63, 3.8) is 0 Å². The van der Waals surface area contributed by atoms with Gasteiger partial charge in [0.15, 0.2) is 0 Å². The van der Waals surface area contributed by atoms with Gasteiger partial charge in [0.1, 0.15) is 11.4 Å². The normalized spacial score (nSPS) is 17.7. The minimum Gasteiger partial charge on any atom is -0.494 e. The number of hydrogen-bond acceptors (Lipinski definition) is 5. The van der Waals surface area contributed by atoms with Gasteiger partial charge in [0.05, 0.1) is 32.2 Å². The largest absolute Gasteiger partial charge is 0.494 e. The Kier molecular flexibility index (Phi) is 5.73. The molecule has 1 aliphatic rings. The lowest BCUT2D eigenvalue weighted by molar-refractivity contribution is 0.197. The number of aliphatic hydroxyl groups is 1. The van der Waals surface area contributed by atoms with E-state index in [4.69, 9.17) is 9.84 Å². The molecule has 1 fully saturated rings. The molecule has 0 amide bonds. The Morgan fingerprint density at radius 2 is 2.14 bits per heavy atom. The van der Waals surface area contributed by atoms with Crippen molar-refractivity contribution in [1.29, 1.82) is 0 Å². The summed E-state index contributed by atoms with van der Waals surface area (Å²) in [6, 6.07) is 9.99. The molecule has 2 aromatic heterocycles. The van der Waals surface area contributed by atoms with Crippen LogP contribution >= 0.6 is 0 Å². The van der Waals surface area contributed by atoms with Crippen LogP contribution in [0.1, 0.15) is 30.0 Å². The van der Waals surface area contributed by atoms with Crippen molar-refractivity contribution in [1.82, 2.24) is 24.5 Å². The zero-order valence-corrected chi connectivity index (χ0v) is 16.2. The Bertz CT molecular complexity index is 904. The van der Waals surface area contributed by atoms with E-state index in [-0.39, 0.29) is 6.61 Å². The molecule has 148 valence electrons.